The van der Waals surface area contributed by atoms with Crippen LogP contribution in [0.5, 0.6) is 0 Å². The molecule has 2 heterocycles. The molecule has 1 fully saturated rings. The zero-order chi connectivity index (χ0) is 14.5. The SMILES string of the molecule is CCCNc1cc(C)nc(CN2CCCC(C)C2=O)n1. The van der Waals surface area contributed by atoms with Gasteiger partial charge < -0.3 is 10.2 Å². The number of amides is 1. The van der Waals surface area contributed by atoms with Crippen LogP contribution in [0.1, 0.15) is 44.6 Å². The summed E-state index contributed by atoms with van der Waals surface area (Å²) in [6.07, 6.45) is 3.12. The molecule has 0 radical (unpaired) electrons. The largest absolute Gasteiger partial charge is 0.370 e. The van der Waals surface area contributed by atoms with Crippen molar-refractivity contribution in [2.75, 3.05) is 18.4 Å². The summed E-state index contributed by atoms with van der Waals surface area (Å²) in [5.74, 6) is 1.94. The highest BCUT2D eigenvalue weighted by molar-refractivity contribution is 5.79. The lowest BCUT2D eigenvalue weighted by Gasteiger charge is -2.30. The Kier molecular flexibility index (Phi) is 4.93. The highest BCUT2D eigenvalue weighted by atomic mass is 16.2. The Morgan fingerprint density at radius 1 is 1.45 bits per heavy atom. The number of aromatic nitrogens is 2. The summed E-state index contributed by atoms with van der Waals surface area (Å²) in [6.45, 7) is 8.32. The monoisotopic (exact) mass is 276 g/mol. The third kappa shape index (κ3) is 3.68. The molecule has 5 heteroatoms. The predicted molar refractivity (Wildman–Crippen MR) is 79.4 cm³/mol. The molecule has 5 nitrogen and oxygen atoms in total. The molecule has 20 heavy (non-hydrogen) atoms. The van der Waals surface area contributed by atoms with E-state index in [1.54, 1.807) is 0 Å². The fourth-order valence-corrected chi connectivity index (χ4v) is 2.51. The van der Waals surface area contributed by atoms with E-state index in [1.165, 1.54) is 0 Å². The van der Waals surface area contributed by atoms with Crippen LogP contribution < -0.4 is 5.32 Å². The summed E-state index contributed by atoms with van der Waals surface area (Å²) in [4.78, 5) is 23.0. The first-order chi connectivity index (χ1) is 9.60. The maximum atomic E-state index is 12.1. The lowest BCUT2D eigenvalue weighted by atomic mass is 9.99. The molecular weight excluding hydrogens is 252 g/mol. The molecule has 0 spiro atoms. The zero-order valence-electron chi connectivity index (χ0n) is 12.6. The van der Waals surface area contributed by atoms with Crippen molar-refractivity contribution in [1.29, 1.82) is 0 Å². The summed E-state index contributed by atoms with van der Waals surface area (Å²) in [7, 11) is 0. The van der Waals surface area contributed by atoms with Crippen molar-refractivity contribution >= 4 is 11.7 Å². The summed E-state index contributed by atoms with van der Waals surface area (Å²) in [6, 6.07) is 1.94. The number of hydrogen-bond donors (Lipinski definition) is 1. The molecule has 1 atom stereocenters. The Labute approximate surface area is 120 Å². The lowest BCUT2D eigenvalue weighted by Crippen LogP contribution is -2.40. The third-order valence-corrected chi connectivity index (χ3v) is 3.59. The molecule has 2 rings (SSSR count). The quantitative estimate of drug-likeness (QED) is 0.897. The van der Waals surface area contributed by atoms with E-state index in [4.69, 9.17) is 0 Å². The van der Waals surface area contributed by atoms with Gasteiger partial charge in [-0.2, -0.15) is 0 Å². The number of nitrogens with zero attached hydrogens (tertiary/aromatic N) is 3. The first-order valence-electron chi connectivity index (χ1n) is 7.47. The van der Waals surface area contributed by atoms with E-state index in [9.17, 15) is 4.79 Å². The normalized spacial score (nSPS) is 19.2. The van der Waals surface area contributed by atoms with Gasteiger partial charge in [0.1, 0.15) is 11.6 Å². The van der Waals surface area contributed by atoms with Gasteiger partial charge in [-0.3, -0.25) is 4.79 Å². The van der Waals surface area contributed by atoms with Gasteiger partial charge >= 0.3 is 0 Å². The maximum Gasteiger partial charge on any atom is 0.225 e. The minimum absolute atomic E-state index is 0.131. The number of anilines is 1. The standard InChI is InChI=1S/C15H24N4O/c1-4-7-16-13-9-12(3)17-14(18-13)10-19-8-5-6-11(2)15(19)20/h9,11H,4-8,10H2,1-3H3,(H,16,17,18). The molecule has 0 bridgehead atoms. The molecule has 1 saturated heterocycles. The van der Waals surface area contributed by atoms with Gasteiger partial charge in [0.25, 0.3) is 0 Å². The molecule has 1 aromatic rings. The summed E-state index contributed by atoms with van der Waals surface area (Å²) in [5, 5.41) is 3.28. The average Bonchev–Trinajstić information content (AvgIpc) is 2.41. The van der Waals surface area contributed by atoms with Crippen LogP contribution >= 0.6 is 0 Å². The van der Waals surface area contributed by atoms with Crippen molar-refractivity contribution in [2.45, 2.75) is 46.6 Å². The molecular formula is C15H24N4O. The number of carbonyl (C=O) groups excluding carboxylic acids is 1. The summed E-state index contributed by atoms with van der Waals surface area (Å²) < 4.78 is 0. The van der Waals surface area contributed by atoms with E-state index in [-0.39, 0.29) is 11.8 Å². The highest BCUT2D eigenvalue weighted by Crippen LogP contribution is 2.19. The van der Waals surface area contributed by atoms with Crippen LogP contribution in [0.25, 0.3) is 0 Å². The lowest BCUT2D eigenvalue weighted by molar-refractivity contribution is -0.138. The Morgan fingerprint density at radius 2 is 2.25 bits per heavy atom. The van der Waals surface area contributed by atoms with Crippen molar-refractivity contribution in [3.05, 3.63) is 17.6 Å². The van der Waals surface area contributed by atoms with Crippen LogP contribution in [-0.2, 0) is 11.3 Å². The van der Waals surface area contributed by atoms with Gasteiger partial charge in [-0.1, -0.05) is 13.8 Å². The van der Waals surface area contributed by atoms with Crippen LogP contribution in [0.4, 0.5) is 5.82 Å². The molecule has 1 unspecified atom stereocenters. The molecule has 1 aromatic heterocycles. The molecule has 1 aliphatic heterocycles. The number of hydrogen-bond acceptors (Lipinski definition) is 4. The minimum atomic E-state index is 0.131. The average molecular weight is 276 g/mol. The first kappa shape index (κ1) is 14.8. The van der Waals surface area contributed by atoms with Crippen LogP contribution in [-0.4, -0.2) is 33.9 Å². The minimum Gasteiger partial charge on any atom is -0.370 e. The van der Waals surface area contributed by atoms with Gasteiger partial charge in [0.15, 0.2) is 0 Å². The van der Waals surface area contributed by atoms with Crippen molar-refractivity contribution in [1.82, 2.24) is 14.9 Å². The van der Waals surface area contributed by atoms with E-state index < -0.39 is 0 Å². The number of aryl methyl sites for hydroxylation is 1. The van der Waals surface area contributed by atoms with Crippen molar-refractivity contribution < 1.29 is 4.79 Å². The fourth-order valence-electron chi connectivity index (χ4n) is 2.51. The van der Waals surface area contributed by atoms with E-state index >= 15 is 0 Å². The fraction of sp³-hybridized carbons (Fsp3) is 0.667. The second kappa shape index (κ2) is 6.68. The van der Waals surface area contributed by atoms with Gasteiger partial charge in [-0.05, 0) is 26.2 Å². The van der Waals surface area contributed by atoms with E-state index in [0.29, 0.717) is 6.54 Å². The Bertz CT molecular complexity index is 475. The van der Waals surface area contributed by atoms with Crippen LogP contribution in [0.15, 0.2) is 6.07 Å². The molecule has 110 valence electrons. The third-order valence-electron chi connectivity index (χ3n) is 3.59. The number of carbonyl (C=O) groups is 1. The predicted octanol–water partition coefficient (Wildman–Crippen LogP) is 2.37. The topological polar surface area (TPSA) is 58.1 Å². The highest BCUT2D eigenvalue weighted by Gasteiger charge is 2.25. The molecule has 1 amide bonds. The molecule has 1 aliphatic rings. The Morgan fingerprint density at radius 3 is 3.00 bits per heavy atom. The molecule has 0 aliphatic carbocycles. The van der Waals surface area contributed by atoms with E-state index in [1.807, 2.05) is 24.8 Å². The van der Waals surface area contributed by atoms with E-state index in [2.05, 4.69) is 22.2 Å². The molecule has 0 saturated carbocycles. The second-order valence-electron chi connectivity index (χ2n) is 5.54. The van der Waals surface area contributed by atoms with Gasteiger partial charge in [-0.15, -0.1) is 0 Å². The van der Waals surface area contributed by atoms with Crippen LogP contribution in [0.3, 0.4) is 0 Å². The smallest absolute Gasteiger partial charge is 0.225 e. The van der Waals surface area contributed by atoms with E-state index in [0.717, 1.165) is 49.7 Å². The molecule has 1 N–H and O–H groups in total. The maximum absolute atomic E-state index is 12.1. The van der Waals surface area contributed by atoms with Crippen LogP contribution in [0.2, 0.25) is 0 Å². The Balaban J connectivity index is 2.08. The second-order valence-corrected chi connectivity index (χ2v) is 5.54. The van der Waals surface area contributed by atoms with Crippen LogP contribution in [0, 0.1) is 12.8 Å². The number of piperidine rings is 1. The Hall–Kier alpha value is -1.65. The molecule has 0 aromatic carbocycles. The van der Waals surface area contributed by atoms with Gasteiger partial charge in [-0.25, -0.2) is 9.97 Å². The van der Waals surface area contributed by atoms with Gasteiger partial charge in [0.2, 0.25) is 5.91 Å². The number of rotatable bonds is 5. The number of likely N-dealkylation sites (tertiary alicyclic amines) is 1. The zero-order valence-corrected chi connectivity index (χ0v) is 12.6. The van der Waals surface area contributed by atoms with Crippen molar-refractivity contribution in [2.24, 2.45) is 5.92 Å². The van der Waals surface area contributed by atoms with Crippen molar-refractivity contribution in [3.63, 3.8) is 0 Å². The van der Waals surface area contributed by atoms with Gasteiger partial charge in [0.05, 0.1) is 6.54 Å². The summed E-state index contributed by atoms with van der Waals surface area (Å²) in [5.41, 5.74) is 0.936. The summed E-state index contributed by atoms with van der Waals surface area (Å²) >= 11 is 0. The first-order valence-corrected chi connectivity index (χ1v) is 7.47. The van der Waals surface area contributed by atoms with Gasteiger partial charge in [0, 0.05) is 30.8 Å². The number of nitrogens with one attached hydrogen (secondary N) is 1. The van der Waals surface area contributed by atoms with Crippen molar-refractivity contribution in [3.8, 4) is 0 Å².